The minimum absolute atomic E-state index is 0.452. The van der Waals surface area contributed by atoms with Crippen molar-refractivity contribution in [2.45, 2.75) is 25.3 Å². The summed E-state index contributed by atoms with van der Waals surface area (Å²) < 4.78 is 0. The molecule has 1 saturated carbocycles. The fourth-order valence-electron chi connectivity index (χ4n) is 2.83. The number of hydrogen-bond acceptors (Lipinski definition) is 3. The summed E-state index contributed by atoms with van der Waals surface area (Å²) in [5.74, 6) is 0.0405. The van der Waals surface area contributed by atoms with Crippen LogP contribution in [-0.2, 0) is 0 Å². The topological polar surface area (TPSA) is 40.5 Å². The molecule has 1 aliphatic carbocycles. The normalized spacial score (nSPS) is 28.7. The number of anilines is 1. The molecule has 80 valence electrons. The van der Waals surface area contributed by atoms with Crippen molar-refractivity contribution in [3.8, 4) is 0 Å². The van der Waals surface area contributed by atoms with E-state index in [4.69, 9.17) is 5.11 Å². The molecule has 2 heterocycles. The molecule has 1 saturated heterocycles. The Morgan fingerprint density at radius 1 is 1.53 bits per heavy atom. The first kappa shape index (κ1) is 9.21. The molecule has 2 atom stereocenters. The lowest BCUT2D eigenvalue weighted by Gasteiger charge is -2.27. The van der Waals surface area contributed by atoms with Gasteiger partial charge in [0.25, 0.3) is 0 Å². The van der Waals surface area contributed by atoms with Crippen molar-refractivity contribution in [1.29, 1.82) is 0 Å². The molecular formula is C11H13NO2S. The number of thiophene rings is 1. The molecule has 4 heteroatoms. The van der Waals surface area contributed by atoms with Crippen LogP contribution in [0.2, 0.25) is 0 Å². The Morgan fingerprint density at radius 3 is 2.93 bits per heavy atom. The van der Waals surface area contributed by atoms with Gasteiger partial charge in [-0.05, 0) is 31.2 Å². The fraction of sp³-hybridized carbons (Fsp3) is 0.545. The zero-order valence-electron chi connectivity index (χ0n) is 8.35. The van der Waals surface area contributed by atoms with Gasteiger partial charge in [0.05, 0.1) is 0 Å². The maximum absolute atomic E-state index is 10.8. The Balaban J connectivity index is 1.84. The Kier molecular flexibility index (Phi) is 1.99. The van der Waals surface area contributed by atoms with Gasteiger partial charge in [-0.3, -0.25) is 0 Å². The van der Waals surface area contributed by atoms with Crippen molar-refractivity contribution in [3.63, 3.8) is 0 Å². The number of carboxylic acid groups (broad SMARTS) is 1. The molecule has 2 fully saturated rings. The van der Waals surface area contributed by atoms with E-state index in [0.29, 0.717) is 10.9 Å². The van der Waals surface area contributed by atoms with Gasteiger partial charge < -0.3 is 10.0 Å². The van der Waals surface area contributed by atoms with Gasteiger partial charge in [0.1, 0.15) is 4.88 Å². The molecule has 0 radical (unpaired) electrons. The highest BCUT2D eigenvalue weighted by molar-refractivity contribution is 7.12. The summed E-state index contributed by atoms with van der Waals surface area (Å²) in [6, 6.07) is 2.49. The highest BCUT2D eigenvalue weighted by Crippen LogP contribution is 2.41. The molecule has 1 aromatic rings. The second kappa shape index (κ2) is 3.23. The van der Waals surface area contributed by atoms with Gasteiger partial charge in [-0.15, -0.1) is 11.3 Å². The van der Waals surface area contributed by atoms with Gasteiger partial charge in [-0.1, -0.05) is 0 Å². The predicted octanol–water partition coefficient (Wildman–Crippen LogP) is 2.44. The third-order valence-corrected chi connectivity index (χ3v) is 4.44. The number of rotatable bonds is 2. The van der Waals surface area contributed by atoms with E-state index in [-0.39, 0.29) is 0 Å². The number of carbonyl (C=O) groups is 1. The van der Waals surface area contributed by atoms with Crippen LogP contribution in [0.25, 0.3) is 0 Å². The standard InChI is InChI=1S/C11H13NO2S/c13-11(14)10-4-9(6-15-10)12-5-7-1-2-8(12)3-7/h4,6-8H,1-3,5H2,(H,13,14). The SMILES string of the molecule is O=C(O)c1cc(N2CC3CCC2C3)cs1. The molecule has 0 amide bonds. The van der Waals surface area contributed by atoms with E-state index < -0.39 is 5.97 Å². The van der Waals surface area contributed by atoms with Crippen LogP contribution in [0.3, 0.4) is 0 Å². The number of aromatic carboxylic acids is 1. The molecule has 3 rings (SSSR count). The molecule has 2 bridgehead atoms. The van der Waals surface area contributed by atoms with E-state index >= 15 is 0 Å². The third-order valence-electron chi connectivity index (χ3n) is 3.54. The summed E-state index contributed by atoms with van der Waals surface area (Å²) in [6.07, 6.45) is 3.94. The van der Waals surface area contributed by atoms with Gasteiger partial charge in [-0.25, -0.2) is 4.79 Å². The van der Waals surface area contributed by atoms with Crippen LogP contribution in [0.15, 0.2) is 11.4 Å². The second-order valence-corrected chi connectivity index (χ2v) is 5.37. The molecule has 2 unspecified atom stereocenters. The molecule has 0 spiro atoms. The number of carboxylic acids is 1. The molecule has 2 aliphatic rings. The highest BCUT2D eigenvalue weighted by Gasteiger charge is 2.38. The summed E-state index contributed by atoms with van der Waals surface area (Å²) in [4.78, 5) is 13.6. The van der Waals surface area contributed by atoms with Gasteiger partial charge in [0, 0.05) is 23.7 Å². The maximum Gasteiger partial charge on any atom is 0.345 e. The minimum Gasteiger partial charge on any atom is -0.477 e. The number of nitrogens with zero attached hydrogens (tertiary/aromatic N) is 1. The second-order valence-electron chi connectivity index (χ2n) is 4.46. The maximum atomic E-state index is 10.8. The van der Waals surface area contributed by atoms with Crippen molar-refractivity contribution in [2.24, 2.45) is 5.92 Å². The lowest BCUT2D eigenvalue weighted by molar-refractivity contribution is 0.0702. The van der Waals surface area contributed by atoms with E-state index in [2.05, 4.69) is 4.90 Å². The van der Waals surface area contributed by atoms with E-state index in [0.717, 1.165) is 18.2 Å². The molecule has 1 aliphatic heterocycles. The van der Waals surface area contributed by atoms with E-state index in [1.165, 1.54) is 30.6 Å². The first-order valence-corrected chi connectivity index (χ1v) is 6.20. The molecule has 1 aromatic heterocycles. The average Bonchev–Trinajstić information content (AvgIpc) is 2.93. The van der Waals surface area contributed by atoms with E-state index in [1.54, 1.807) is 0 Å². The van der Waals surface area contributed by atoms with E-state index in [1.807, 2.05) is 11.4 Å². The highest BCUT2D eigenvalue weighted by atomic mass is 32.1. The van der Waals surface area contributed by atoms with Gasteiger partial charge in [0.15, 0.2) is 0 Å². The Bertz CT molecular complexity index is 401. The first-order valence-electron chi connectivity index (χ1n) is 5.32. The van der Waals surface area contributed by atoms with Gasteiger partial charge in [-0.2, -0.15) is 0 Å². The summed E-state index contributed by atoms with van der Waals surface area (Å²) in [7, 11) is 0. The molecular weight excluding hydrogens is 210 g/mol. The smallest absolute Gasteiger partial charge is 0.345 e. The lowest BCUT2D eigenvalue weighted by atomic mass is 10.1. The van der Waals surface area contributed by atoms with E-state index in [9.17, 15) is 4.79 Å². The monoisotopic (exact) mass is 223 g/mol. The predicted molar refractivity (Wildman–Crippen MR) is 59.8 cm³/mol. The van der Waals surface area contributed by atoms with Crippen LogP contribution >= 0.6 is 11.3 Å². The Hall–Kier alpha value is -1.03. The van der Waals surface area contributed by atoms with Crippen molar-refractivity contribution < 1.29 is 9.90 Å². The van der Waals surface area contributed by atoms with Crippen molar-refractivity contribution in [3.05, 3.63) is 16.3 Å². The van der Waals surface area contributed by atoms with Gasteiger partial charge >= 0.3 is 5.97 Å². The minimum atomic E-state index is -0.810. The van der Waals surface area contributed by atoms with Crippen LogP contribution in [0, 0.1) is 5.92 Å². The van der Waals surface area contributed by atoms with Crippen LogP contribution in [-0.4, -0.2) is 23.7 Å². The van der Waals surface area contributed by atoms with Gasteiger partial charge in [0.2, 0.25) is 0 Å². The lowest BCUT2D eigenvalue weighted by Crippen LogP contribution is -2.31. The summed E-state index contributed by atoms with van der Waals surface area (Å²) in [5, 5.41) is 10.8. The summed E-state index contributed by atoms with van der Waals surface area (Å²) in [5.41, 5.74) is 1.12. The van der Waals surface area contributed by atoms with Crippen molar-refractivity contribution in [2.75, 3.05) is 11.4 Å². The largest absolute Gasteiger partial charge is 0.477 e. The number of piperidine rings is 1. The zero-order valence-corrected chi connectivity index (χ0v) is 9.17. The van der Waals surface area contributed by atoms with Crippen molar-refractivity contribution >= 4 is 23.0 Å². The number of hydrogen-bond donors (Lipinski definition) is 1. The zero-order chi connectivity index (χ0) is 10.4. The third kappa shape index (κ3) is 1.44. The van der Waals surface area contributed by atoms with Crippen LogP contribution in [0.4, 0.5) is 5.69 Å². The van der Waals surface area contributed by atoms with Crippen molar-refractivity contribution in [1.82, 2.24) is 0 Å². The Labute approximate surface area is 92.3 Å². The first-order chi connectivity index (χ1) is 7.24. The van der Waals surface area contributed by atoms with Crippen LogP contribution in [0.1, 0.15) is 28.9 Å². The Morgan fingerprint density at radius 2 is 2.40 bits per heavy atom. The molecule has 1 N–H and O–H groups in total. The molecule has 15 heavy (non-hydrogen) atoms. The molecule has 3 nitrogen and oxygen atoms in total. The quantitative estimate of drug-likeness (QED) is 0.837. The summed E-state index contributed by atoms with van der Waals surface area (Å²) in [6.45, 7) is 1.13. The summed E-state index contributed by atoms with van der Waals surface area (Å²) >= 11 is 1.33. The fourth-order valence-corrected chi connectivity index (χ4v) is 3.57. The average molecular weight is 223 g/mol. The van der Waals surface area contributed by atoms with Crippen LogP contribution in [0.5, 0.6) is 0 Å². The molecule has 0 aromatic carbocycles. The number of fused-ring (bicyclic) bond motifs is 2. The van der Waals surface area contributed by atoms with Crippen LogP contribution < -0.4 is 4.90 Å².